The molecule has 30 heavy (non-hydrogen) atoms. The fraction of sp³-hybridized carbons (Fsp3) is 0.261. The monoisotopic (exact) mass is 405 g/mol. The third-order valence-corrected chi connectivity index (χ3v) is 5.32. The highest BCUT2D eigenvalue weighted by molar-refractivity contribution is 5.96. The topological polar surface area (TPSA) is 82.5 Å². The van der Waals surface area contributed by atoms with E-state index in [1.165, 1.54) is 10.7 Å². The van der Waals surface area contributed by atoms with Crippen LogP contribution in [0, 0.1) is 13.8 Å². The molecule has 0 bridgehead atoms. The highest BCUT2D eigenvalue weighted by Crippen LogP contribution is 2.35. The first-order chi connectivity index (χ1) is 14.3. The predicted octanol–water partition coefficient (Wildman–Crippen LogP) is 3.63. The second-order valence-electron chi connectivity index (χ2n) is 7.85. The number of fused-ring (bicyclic) bond motifs is 1. The van der Waals surface area contributed by atoms with Crippen molar-refractivity contribution in [3.05, 3.63) is 70.0 Å². The van der Waals surface area contributed by atoms with E-state index in [-0.39, 0.29) is 18.3 Å². The SMILES string of the molecule is Cc1ccc(NC(=O)C(C)(C)n2nc(-c3ccc4c(c3)OCO4)ccc2=O)cc1C. The van der Waals surface area contributed by atoms with Gasteiger partial charge in [-0.15, -0.1) is 0 Å². The van der Waals surface area contributed by atoms with Crippen molar-refractivity contribution in [2.45, 2.75) is 33.2 Å². The summed E-state index contributed by atoms with van der Waals surface area (Å²) < 4.78 is 12.0. The number of ether oxygens (including phenoxy) is 2. The van der Waals surface area contributed by atoms with Gasteiger partial charge in [-0.05, 0) is 75.2 Å². The molecule has 0 spiro atoms. The van der Waals surface area contributed by atoms with Gasteiger partial charge in [0.25, 0.3) is 11.5 Å². The van der Waals surface area contributed by atoms with E-state index in [1.54, 1.807) is 26.0 Å². The van der Waals surface area contributed by atoms with Gasteiger partial charge in [-0.25, -0.2) is 4.68 Å². The zero-order valence-corrected chi connectivity index (χ0v) is 17.4. The first-order valence-electron chi connectivity index (χ1n) is 9.65. The van der Waals surface area contributed by atoms with Crippen LogP contribution in [0.1, 0.15) is 25.0 Å². The number of carbonyl (C=O) groups is 1. The summed E-state index contributed by atoms with van der Waals surface area (Å²) in [5, 5.41) is 7.37. The van der Waals surface area contributed by atoms with Crippen molar-refractivity contribution < 1.29 is 14.3 Å². The molecule has 0 radical (unpaired) electrons. The first kappa shape index (κ1) is 19.7. The molecule has 0 aliphatic carbocycles. The fourth-order valence-corrected chi connectivity index (χ4v) is 3.22. The second kappa shape index (κ2) is 7.33. The van der Waals surface area contributed by atoms with Crippen LogP contribution in [0.4, 0.5) is 5.69 Å². The maximum Gasteiger partial charge on any atom is 0.267 e. The van der Waals surface area contributed by atoms with Crippen LogP contribution in [0.3, 0.4) is 0 Å². The minimum absolute atomic E-state index is 0.178. The molecule has 7 heteroatoms. The van der Waals surface area contributed by atoms with Crippen LogP contribution >= 0.6 is 0 Å². The molecular weight excluding hydrogens is 382 g/mol. The van der Waals surface area contributed by atoms with Crippen LogP contribution in [-0.4, -0.2) is 22.5 Å². The van der Waals surface area contributed by atoms with E-state index in [1.807, 2.05) is 44.2 Å². The van der Waals surface area contributed by atoms with Crippen molar-refractivity contribution in [2.75, 3.05) is 12.1 Å². The molecule has 0 saturated heterocycles. The summed E-state index contributed by atoms with van der Waals surface area (Å²) in [6.45, 7) is 7.51. The van der Waals surface area contributed by atoms with Crippen molar-refractivity contribution in [3.8, 4) is 22.8 Å². The Hall–Kier alpha value is -3.61. The summed E-state index contributed by atoms with van der Waals surface area (Å²) in [5.74, 6) is 0.960. The van der Waals surface area contributed by atoms with Gasteiger partial charge in [-0.3, -0.25) is 9.59 Å². The Morgan fingerprint density at radius 2 is 1.77 bits per heavy atom. The van der Waals surface area contributed by atoms with Crippen LogP contribution in [-0.2, 0) is 10.3 Å². The summed E-state index contributed by atoms with van der Waals surface area (Å²) in [4.78, 5) is 25.6. The molecule has 0 unspecified atom stereocenters. The zero-order chi connectivity index (χ0) is 21.5. The van der Waals surface area contributed by atoms with Crippen molar-refractivity contribution in [2.24, 2.45) is 0 Å². The van der Waals surface area contributed by atoms with Gasteiger partial charge < -0.3 is 14.8 Å². The van der Waals surface area contributed by atoms with Gasteiger partial charge in [0.15, 0.2) is 11.5 Å². The van der Waals surface area contributed by atoms with Crippen LogP contribution in [0.2, 0.25) is 0 Å². The van der Waals surface area contributed by atoms with Crippen LogP contribution in [0.25, 0.3) is 11.3 Å². The van der Waals surface area contributed by atoms with Gasteiger partial charge in [-0.2, -0.15) is 5.10 Å². The number of hydrogen-bond donors (Lipinski definition) is 1. The normalized spacial score (nSPS) is 12.7. The lowest BCUT2D eigenvalue weighted by atomic mass is 10.0. The van der Waals surface area contributed by atoms with E-state index < -0.39 is 5.54 Å². The van der Waals surface area contributed by atoms with E-state index >= 15 is 0 Å². The molecule has 1 N–H and O–H groups in total. The summed E-state index contributed by atoms with van der Waals surface area (Å²) >= 11 is 0. The summed E-state index contributed by atoms with van der Waals surface area (Å²) in [6, 6.07) is 14.2. The van der Waals surface area contributed by atoms with Crippen molar-refractivity contribution >= 4 is 11.6 Å². The van der Waals surface area contributed by atoms with Gasteiger partial charge in [0.2, 0.25) is 6.79 Å². The van der Waals surface area contributed by atoms with Gasteiger partial charge in [0.1, 0.15) is 5.54 Å². The van der Waals surface area contributed by atoms with E-state index in [0.29, 0.717) is 22.9 Å². The number of rotatable bonds is 4. The Morgan fingerprint density at radius 1 is 1.00 bits per heavy atom. The van der Waals surface area contributed by atoms with Gasteiger partial charge in [0, 0.05) is 17.3 Å². The van der Waals surface area contributed by atoms with Gasteiger partial charge in [0.05, 0.1) is 5.69 Å². The molecule has 0 atom stereocenters. The highest BCUT2D eigenvalue weighted by Gasteiger charge is 2.32. The number of amides is 1. The van der Waals surface area contributed by atoms with Gasteiger partial charge >= 0.3 is 0 Å². The molecule has 2 heterocycles. The molecule has 1 aliphatic heterocycles. The quantitative estimate of drug-likeness (QED) is 0.717. The molecule has 0 saturated carbocycles. The number of benzene rings is 2. The third-order valence-electron chi connectivity index (χ3n) is 5.32. The number of nitrogens with zero attached hydrogens (tertiary/aromatic N) is 2. The minimum atomic E-state index is -1.21. The Kier molecular flexibility index (Phi) is 4.81. The molecule has 1 aliphatic rings. The molecule has 1 aromatic heterocycles. The smallest absolute Gasteiger partial charge is 0.267 e. The molecule has 0 fully saturated rings. The Balaban J connectivity index is 1.66. The van der Waals surface area contributed by atoms with E-state index in [9.17, 15) is 9.59 Å². The average molecular weight is 405 g/mol. The van der Waals surface area contributed by atoms with Crippen molar-refractivity contribution in [3.63, 3.8) is 0 Å². The molecule has 154 valence electrons. The van der Waals surface area contributed by atoms with Crippen molar-refractivity contribution in [1.82, 2.24) is 9.78 Å². The number of anilines is 1. The van der Waals surface area contributed by atoms with Gasteiger partial charge in [-0.1, -0.05) is 6.07 Å². The molecule has 3 aromatic rings. The number of carbonyl (C=O) groups excluding carboxylic acids is 1. The molecule has 1 amide bonds. The maximum absolute atomic E-state index is 13.0. The van der Waals surface area contributed by atoms with Crippen LogP contribution < -0.4 is 20.3 Å². The Morgan fingerprint density at radius 3 is 2.53 bits per heavy atom. The largest absolute Gasteiger partial charge is 0.454 e. The van der Waals surface area contributed by atoms with E-state index in [0.717, 1.165) is 16.7 Å². The standard InChI is InChI=1S/C23H23N3O4/c1-14-5-7-17(11-15(14)2)24-22(28)23(3,4)26-21(27)10-8-18(25-26)16-6-9-19-20(12-16)30-13-29-19/h5-12H,13H2,1-4H3,(H,24,28). The summed E-state index contributed by atoms with van der Waals surface area (Å²) in [7, 11) is 0. The number of aryl methyl sites for hydroxylation is 2. The maximum atomic E-state index is 13.0. The number of nitrogens with one attached hydrogen (secondary N) is 1. The van der Waals surface area contributed by atoms with Crippen molar-refractivity contribution in [1.29, 1.82) is 0 Å². The number of aromatic nitrogens is 2. The lowest BCUT2D eigenvalue weighted by molar-refractivity contribution is -0.123. The van der Waals surface area contributed by atoms with E-state index in [2.05, 4.69) is 10.4 Å². The molecular formula is C23H23N3O4. The van der Waals surface area contributed by atoms with E-state index in [4.69, 9.17) is 9.47 Å². The third kappa shape index (κ3) is 3.54. The molecule has 2 aromatic carbocycles. The minimum Gasteiger partial charge on any atom is -0.454 e. The summed E-state index contributed by atoms with van der Waals surface area (Å²) in [6.07, 6.45) is 0. The first-order valence-corrected chi connectivity index (χ1v) is 9.65. The Bertz CT molecular complexity index is 1200. The van der Waals surface area contributed by atoms with Crippen LogP contribution in [0.5, 0.6) is 11.5 Å². The highest BCUT2D eigenvalue weighted by atomic mass is 16.7. The predicted molar refractivity (Wildman–Crippen MR) is 114 cm³/mol. The lowest BCUT2D eigenvalue weighted by Gasteiger charge is -2.25. The molecule has 4 rings (SSSR count). The van der Waals surface area contributed by atoms with Crippen LogP contribution in [0.15, 0.2) is 53.3 Å². The Labute approximate surface area is 174 Å². The zero-order valence-electron chi connectivity index (χ0n) is 17.4. The summed E-state index contributed by atoms with van der Waals surface area (Å²) in [5.41, 5.74) is 2.64. The number of hydrogen-bond acceptors (Lipinski definition) is 5. The second-order valence-corrected chi connectivity index (χ2v) is 7.85. The molecule has 7 nitrogen and oxygen atoms in total. The lowest BCUT2D eigenvalue weighted by Crippen LogP contribution is -2.47. The fourth-order valence-electron chi connectivity index (χ4n) is 3.22. The average Bonchev–Trinajstić information content (AvgIpc) is 3.18.